The number of aromatic carboxylic acids is 1. The zero-order valence-corrected chi connectivity index (χ0v) is 14.8. The van der Waals surface area contributed by atoms with Crippen molar-refractivity contribution in [2.24, 2.45) is 0 Å². The molecule has 1 unspecified atom stereocenters. The van der Waals surface area contributed by atoms with E-state index >= 15 is 0 Å². The first-order chi connectivity index (χ1) is 11.8. The molecule has 0 aliphatic carbocycles. The van der Waals surface area contributed by atoms with E-state index in [0.717, 1.165) is 17.7 Å². The number of carbonyl (C=O) groups is 1. The molecule has 1 N–H and O–H groups in total. The van der Waals surface area contributed by atoms with Crippen LogP contribution in [-0.2, 0) is 10.0 Å². The molecule has 0 bridgehead atoms. The van der Waals surface area contributed by atoms with E-state index < -0.39 is 16.0 Å². The first-order valence-corrected chi connectivity index (χ1v) is 9.76. The van der Waals surface area contributed by atoms with Crippen molar-refractivity contribution >= 4 is 16.0 Å². The second-order valence-corrected chi connectivity index (χ2v) is 8.10. The fraction of sp³-hybridized carbons (Fsp3) is 0.353. The van der Waals surface area contributed by atoms with Crippen molar-refractivity contribution in [2.75, 3.05) is 12.8 Å². The van der Waals surface area contributed by atoms with Crippen molar-refractivity contribution in [1.29, 1.82) is 0 Å². The van der Waals surface area contributed by atoms with Crippen LogP contribution >= 0.6 is 0 Å². The van der Waals surface area contributed by atoms with Gasteiger partial charge in [-0.15, -0.1) is 0 Å². The number of sulfonamides is 1. The molecule has 0 saturated carbocycles. The molecule has 2 heterocycles. The maximum Gasteiger partial charge on any atom is 0.335 e. The van der Waals surface area contributed by atoms with Crippen LogP contribution in [0.4, 0.5) is 0 Å². The summed E-state index contributed by atoms with van der Waals surface area (Å²) in [6.45, 7) is 2.31. The largest absolute Gasteiger partial charge is 0.478 e. The molecule has 2 aromatic rings. The van der Waals surface area contributed by atoms with Crippen molar-refractivity contribution in [3.8, 4) is 11.3 Å². The van der Waals surface area contributed by atoms with Gasteiger partial charge in [-0.25, -0.2) is 23.2 Å². The zero-order chi connectivity index (χ0) is 18.2. The molecule has 25 heavy (non-hydrogen) atoms. The van der Waals surface area contributed by atoms with Crippen molar-refractivity contribution < 1.29 is 18.3 Å². The summed E-state index contributed by atoms with van der Waals surface area (Å²) in [6.07, 6.45) is 2.66. The number of carboxylic acids is 1. The predicted octanol–water partition coefficient (Wildman–Crippen LogP) is 2.25. The van der Waals surface area contributed by atoms with E-state index in [2.05, 4.69) is 9.97 Å². The Morgan fingerprint density at radius 1 is 1.24 bits per heavy atom. The number of aryl methyl sites for hydroxylation is 1. The van der Waals surface area contributed by atoms with Crippen molar-refractivity contribution in [3.05, 3.63) is 47.4 Å². The molecular formula is C17H19N3O4S. The van der Waals surface area contributed by atoms with Gasteiger partial charge in [0.1, 0.15) is 5.82 Å². The number of aromatic nitrogens is 2. The molecule has 1 aromatic carbocycles. The van der Waals surface area contributed by atoms with Gasteiger partial charge in [0.2, 0.25) is 10.0 Å². The molecule has 1 aromatic heterocycles. The molecule has 7 nitrogen and oxygen atoms in total. The fourth-order valence-electron chi connectivity index (χ4n) is 3.07. The number of hydrogen-bond acceptors (Lipinski definition) is 5. The normalized spacial score (nSPS) is 18.4. The van der Waals surface area contributed by atoms with Gasteiger partial charge >= 0.3 is 5.97 Å². The molecule has 1 atom stereocenters. The number of hydrogen-bond donors (Lipinski definition) is 1. The Hall–Kier alpha value is -2.32. The summed E-state index contributed by atoms with van der Waals surface area (Å²) in [5.41, 5.74) is 2.36. The highest BCUT2D eigenvalue weighted by Gasteiger charge is 2.34. The van der Waals surface area contributed by atoms with Crippen LogP contribution in [0.2, 0.25) is 0 Å². The molecule has 1 fully saturated rings. The molecule has 1 aliphatic rings. The highest BCUT2D eigenvalue weighted by molar-refractivity contribution is 7.88. The molecule has 0 radical (unpaired) electrons. The van der Waals surface area contributed by atoms with Crippen LogP contribution in [0, 0.1) is 6.92 Å². The number of benzene rings is 1. The first-order valence-electron chi connectivity index (χ1n) is 7.92. The average Bonchev–Trinajstić information content (AvgIpc) is 3.04. The minimum atomic E-state index is -3.32. The summed E-state index contributed by atoms with van der Waals surface area (Å²) >= 11 is 0. The Morgan fingerprint density at radius 2 is 1.92 bits per heavy atom. The van der Waals surface area contributed by atoms with Crippen LogP contribution in [0.5, 0.6) is 0 Å². The molecule has 0 amide bonds. The average molecular weight is 361 g/mol. The van der Waals surface area contributed by atoms with Crippen LogP contribution in [0.25, 0.3) is 11.3 Å². The van der Waals surface area contributed by atoms with Crippen molar-refractivity contribution in [3.63, 3.8) is 0 Å². The van der Waals surface area contributed by atoms with Gasteiger partial charge in [-0.05, 0) is 38.0 Å². The molecule has 132 valence electrons. The van der Waals surface area contributed by atoms with E-state index in [9.17, 15) is 13.2 Å². The highest BCUT2D eigenvalue weighted by atomic mass is 32.2. The van der Waals surface area contributed by atoms with Gasteiger partial charge in [0.05, 0.1) is 23.6 Å². The number of rotatable bonds is 4. The quantitative estimate of drug-likeness (QED) is 0.896. The van der Waals surface area contributed by atoms with Crippen LogP contribution in [0.3, 0.4) is 0 Å². The third-order valence-corrected chi connectivity index (χ3v) is 5.52. The van der Waals surface area contributed by atoms with Crippen LogP contribution < -0.4 is 0 Å². The Kier molecular flexibility index (Phi) is 4.57. The van der Waals surface area contributed by atoms with E-state index in [1.54, 1.807) is 18.2 Å². The van der Waals surface area contributed by atoms with Gasteiger partial charge in [-0.3, -0.25) is 0 Å². The Bertz CT molecular complexity index is 910. The minimum Gasteiger partial charge on any atom is -0.478 e. The van der Waals surface area contributed by atoms with Gasteiger partial charge in [0, 0.05) is 17.8 Å². The molecule has 1 aliphatic heterocycles. The second kappa shape index (κ2) is 6.53. The topological polar surface area (TPSA) is 100 Å². The summed E-state index contributed by atoms with van der Waals surface area (Å²) in [6, 6.07) is 7.88. The highest BCUT2D eigenvalue weighted by Crippen LogP contribution is 2.33. The first kappa shape index (κ1) is 17.5. The smallest absolute Gasteiger partial charge is 0.335 e. The van der Waals surface area contributed by atoms with Gasteiger partial charge in [0.25, 0.3) is 0 Å². The van der Waals surface area contributed by atoms with Gasteiger partial charge in [-0.2, -0.15) is 4.31 Å². The van der Waals surface area contributed by atoms with Gasteiger partial charge in [-0.1, -0.05) is 12.1 Å². The molecule has 1 saturated heterocycles. The summed E-state index contributed by atoms with van der Waals surface area (Å²) in [4.78, 5) is 20.0. The van der Waals surface area contributed by atoms with E-state index in [0.29, 0.717) is 24.5 Å². The second-order valence-electron chi connectivity index (χ2n) is 6.17. The molecule has 0 spiro atoms. The molecule has 3 rings (SSSR count). The summed E-state index contributed by atoms with van der Waals surface area (Å²) in [5, 5.41) is 9.00. The maximum atomic E-state index is 12.0. The lowest BCUT2D eigenvalue weighted by atomic mass is 10.1. The summed E-state index contributed by atoms with van der Waals surface area (Å²) in [5.74, 6) is -0.499. The third kappa shape index (κ3) is 3.69. The lowest BCUT2D eigenvalue weighted by molar-refractivity contribution is 0.0697. The monoisotopic (exact) mass is 361 g/mol. The van der Waals surface area contributed by atoms with Gasteiger partial charge < -0.3 is 5.11 Å². The van der Waals surface area contributed by atoms with Crippen LogP contribution in [0.1, 0.15) is 40.8 Å². The van der Waals surface area contributed by atoms with E-state index in [-0.39, 0.29) is 11.6 Å². The van der Waals surface area contributed by atoms with Crippen molar-refractivity contribution in [2.45, 2.75) is 25.8 Å². The Labute approximate surface area is 146 Å². The Morgan fingerprint density at radius 3 is 2.52 bits per heavy atom. The standard InChI is InChI=1S/C17H19N3O4S/c1-11-10-14(12-5-7-13(8-6-12)17(21)22)19-16(18-11)15-4-3-9-20(15)25(2,23)24/h5-8,10,15H,3-4,9H2,1-2H3,(H,21,22). The van der Waals surface area contributed by atoms with E-state index in [1.807, 2.05) is 6.92 Å². The van der Waals surface area contributed by atoms with Crippen LogP contribution in [0.15, 0.2) is 30.3 Å². The SMILES string of the molecule is Cc1cc(-c2ccc(C(=O)O)cc2)nc(C2CCCN2S(C)(=O)=O)n1. The van der Waals surface area contributed by atoms with E-state index in [1.165, 1.54) is 22.7 Å². The predicted molar refractivity (Wildman–Crippen MR) is 92.7 cm³/mol. The lowest BCUT2D eigenvalue weighted by Crippen LogP contribution is -2.30. The molecular weight excluding hydrogens is 342 g/mol. The molecule has 8 heteroatoms. The number of nitrogens with zero attached hydrogens (tertiary/aromatic N) is 3. The summed E-state index contributed by atoms with van der Waals surface area (Å²) < 4.78 is 25.4. The van der Waals surface area contributed by atoms with Gasteiger partial charge in [0.15, 0.2) is 0 Å². The Balaban J connectivity index is 2.00. The van der Waals surface area contributed by atoms with Crippen molar-refractivity contribution in [1.82, 2.24) is 14.3 Å². The van der Waals surface area contributed by atoms with Crippen LogP contribution in [-0.4, -0.2) is 46.6 Å². The van der Waals surface area contributed by atoms with E-state index in [4.69, 9.17) is 5.11 Å². The lowest BCUT2D eigenvalue weighted by Gasteiger charge is -2.21. The maximum absolute atomic E-state index is 12.0. The third-order valence-electron chi connectivity index (χ3n) is 4.23. The summed E-state index contributed by atoms with van der Waals surface area (Å²) in [7, 11) is -3.32. The fourth-order valence-corrected chi connectivity index (χ4v) is 4.19. The zero-order valence-electron chi connectivity index (χ0n) is 14.0. The number of carboxylic acid groups (broad SMARTS) is 1. The minimum absolute atomic E-state index is 0.203.